The SMILES string of the molecule is CN(Cc1cnc2nc(N)nc(N)c2n1)c1ccc(C(=O)N[C@@H](CCC(=O)O)C(=O)O)cc1I. The van der Waals surface area contributed by atoms with E-state index in [0.29, 0.717) is 23.4 Å². The number of hydrogen-bond donors (Lipinski definition) is 5. The number of carbonyl (C=O) groups excluding carboxylic acids is 1. The molecule has 2 heterocycles. The number of anilines is 3. The zero-order valence-corrected chi connectivity index (χ0v) is 20.1. The molecule has 1 amide bonds. The van der Waals surface area contributed by atoms with E-state index in [1.165, 1.54) is 0 Å². The van der Waals surface area contributed by atoms with Crippen LogP contribution in [0.3, 0.4) is 0 Å². The number of nitrogens with two attached hydrogens (primary N) is 2. The summed E-state index contributed by atoms with van der Waals surface area (Å²) in [6, 6.07) is 3.58. The second-order valence-electron chi connectivity index (χ2n) is 7.32. The lowest BCUT2D eigenvalue weighted by molar-refractivity contribution is -0.140. The molecule has 0 saturated heterocycles. The van der Waals surface area contributed by atoms with Gasteiger partial charge >= 0.3 is 11.9 Å². The Labute approximate surface area is 206 Å². The van der Waals surface area contributed by atoms with E-state index in [0.717, 1.165) is 9.26 Å². The predicted octanol–water partition coefficient (Wildman–Crippen LogP) is 0.873. The first-order valence-corrected chi connectivity index (χ1v) is 10.9. The third-order valence-corrected chi connectivity index (χ3v) is 5.64. The number of rotatable bonds is 9. The number of amides is 1. The summed E-state index contributed by atoms with van der Waals surface area (Å²) in [7, 11) is 1.83. The van der Waals surface area contributed by atoms with E-state index in [1.54, 1.807) is 24.4 Å². The Hall–Kier alpha value is -3.82. The topological polar surface area (TPSA) is 211 Å². The monoisotopic (exact) mass is 580 g/mol. The maximum absolute atomic E-state index is 12.5. The third-order valence-electron chi connectivity index (χ3n) is 4.77. The summed E-state index contributed by atoms with van der Waals surface area (Å²) in [6.45, 7) is 0.366. The molecule has 1 aromatic carbocycles. The van der Waals surface area contributed by atoms with Crippen LogP contribution in [-0.4, -0.2) is 61.1 Å². The molecule has 3 aromatic rings. The van der Waals surface area contributed by atoms with E-state index < -0.39 is 23.9 Å². The quantitative estimate of drug-likeness (QED) is 0.223. The minimum atomic E-state index is -1.30. The first-order chi connectivity index (χ1) is 16.0. The van der Waals surface area contributed by atoms with E-state index in [9.17, 15) is 19.5 Å². The van der Waals surface area contributed by atoms with Crippen LogP contribution >= 0.6 is 22.6 Å². The van der Waals surface area contributed by atoms with Gasteiger partial charge in [-0.15, -0.1) is 0 Å². The number of halogens is 1. The van der Waals surface area contributed by atoms with E-state index in [2.05, 4.69) is 47.8 Å². The molecule has 0 unspecified atom stereocenters. The van der Waals surface area contributed by atoms with Crippen LogP contribution in [0.4, 0.5) is 17.5 Å². The third kappa shape index (κ3) is 5.94. The first-order valence-electron chi connectivity index (χ1n) is 9.86. The van der Waals surface area contributed by atoms with Gasteiger partial charge < -0.3 is 31.9 Å². The Morgan fingerprint density at radius 1 is 1.18 bits per heavy atom. The van der Waals surface area contributed by atoms with Crippen LogP contribution in [0.1, 0.15) is 28.9 Å². The normalized spacial score (nSPS) is 11.7. The molecule has 0 bridgehead atoms. The summed E-state index contributed by atoms with van der Waals surface area (Å²) in [5.74, 6) is -2.91. The van der Waals surface area contributed by atoms with Gasteiger partial charge in [0.1, 0.15) is 6.04 Å². The molecular formula is C20H21IN8O5. The number of aromatic nitrogens is 4. The molecule has 2 aromatic heterocycles. The zero-order chi connectivity index (χ0) is 25.0. The van der Waals surface area contributed by atoms with E-state index in [4.69, 9.17) is 16.6 Å². The van der Waals surface area contributed by atoms with Crippen molar-refractivity contribution in [2.45, 2.75) is 25.4 Å². The van der Waals surface area contributed by atoms with Crippen molar-refractivity contribution in [2.24, 2.45) is 0 Å². The fourth-order valence-corrected chi connectivity index (χ4v) is 4.04. The fraction of sp³-hybridized carbons (Fsp3) is 0.250. The minimum absolute atomic E-state index is 0.0133. The van der Waals surface area contributed by atoms with Gasteiger partial charge in [-0.25, -0.2) is 14.8 Å². The average molecular weight is 580 g/mol. The lowest BCUT2D eigenvalue weighted by Crippen LogP contribution is -2.41. The molecule has 0 saturated carbocycles. The van der Waals surface area contributed by atoms with Gasteiger partial charge in [-0.05, 0) is 47.2 Å². The van der Waals surface area contributed by atoms with Crippen molar-refractivity contribution in [2.75, 3.05) is 23.4 Å². The highest BCUT2D eigenvalue weighted by Gasteiger charge is 2.22. The van der Waals surface area contributed by atoms with Gasteiger partial charge in [0, 0.05) is 22.6 Å². The predicted molar refractivity (Wildman–Crippen MR) is 131 cm³/mol. The van der Waals surface area contributed by atoms with Crippen LogP contribution in [0.25, 0.3) is 11.2 Å². The molecule has 14 heteroatoms. The molecule has 178 valence electrons. The Bertz CT molecular complexity index is 1270. The first kappa shape index (κ1) is 24.8. The van der Waals surface area contributed by atoms with Gasteiger partial charge in [0.15, 0.2) is 17.0 Å². The van der Waals surface area contributed by atoms with Gasteiger partial charge in [0.25, 0.3) is 5.91 Å². The smallest absolute Gasteiger partial charge is 0.326 e. The zero-order valence-electron chi connectivity index (χ0n) is 17.9. The Kier molecular flexibility index (Phi) is 7.60. The second kappa shape index (κ2) is 10.4. The van der Waals surface area contributed by atoms with Crippen LogP contribution in [0.2, 0.25) is 0 Å². The van der Waals surface area contributed by atoms with Crippen molar-refractivity contribution in [3.05, 3.63) is 39.2 Å². The molecule has 0 spiro atoms. The summed E-state index contributed by atoms with van der Waals surface area (Å²) >= 11 is 2.07. The molecule has 3 rings (SSSR count). The number of nitrogens with one attached hydrogen (secondary N) is 1. The number of aliphatic carboxylic acids is 2. The Balaban J connectivity index is 1.74. The summed E-state index contributed by atoms with van der Waals surface area (Å²) in [5, 5.41) is 20.4. The molecule has 1 atom stereocenters. The van der Waals surface area contributed by atoms with Crippen molar-refractivity contribution < 1.29 is 24.6 Å². The standard InChI is InChI=1S/C20H21IN8O5/c1-29(8-10-7-24-17-15(25-10)16(22)27-20(23)28-17)13-4-2-9(6-11(13)21)18(32)26-12(19(33)34)3-5-14(30)31/h2,4,6-7,12H,3,5,8H2,1H3,(H,26,32)(H,30,31)(H,33,34)(H4,22,23,24,27,28)/t12-/m0/s1. The molecule has 0 fully saturated rings. The van der Waals surface area contributed by atoms with Crippen molar-refractivity contribution in [3.63, 3.8) is 0 Å². The summed E-state index contributed by atoms with van der Waals surface area (Å²) < 4.78 is 0.731. The maximum atomic E-state index is 12.5. The van der Waals surface area contributed by atoms with Gasteiger partial charge in [-0.2, -0.15) is 9.97 Å². The summed E-state index contributed by atoms with van der Waals surface area (Å²) in [5.41, 5.74) is 13.7. The maximum Gasteiger partial charge on any atom is 0.326 e. The lowest BCUT2D eigenvalue weighted by atomic mass is 10.1. The van der Waals surface area contributed by atoms with Gasteiger partial charge in [-0.3, -0.25) is 9.59 Å². The summed E-state index contributed by atoms with van der Waals surface area (Å²) in [4.78, 5) is 53.1. The largest absolute Gasteiger partial charge is 0.481 e. The molecule has 13 nitrogen and oxygen atoms in total. The fourth-order valence-electron chi connectivity index (χ4n) is 3.11. The number of nitrogen functional groups attached to an aromatic ring is 2. The minimum Gasteiger partial charge on any atom is -0.481 e. The molecular weight excluding hydrogens is 559 g/mol. The molecule has 0 aliphatic rings. The number of carboxylic acid groups (broad SMARTS) is 2. The average Bonchev–Trinajstić information content (AvgIpc) is 2.76. The number of carbonyl (C=O) groups is 3. The van der Waals surface area contributed by atoms with Crippen LogP contribution in [0.5, 0.6) is 0 Å². The van der Waals surface area contributed by atoms with Gasteiger partial charge in [0.2, 0.25) is 5.95 Å². The number of fused-ring (bicyclic) bond motifs is 1. The van der Waals surface area contributed by atoms with Crippen molar-refractivity contribution >= 4 is 69.1 Å². The molecule has 7 N–H and O–H groups in total. The van der Waals surface area contributed by atoms with Crippen LogP contribution < -0.4 is 21.7 Å². The lowest BCUT2D eigenvalue weighted by Gasteiger charge is -2.21. The highest BCUT2D eigenvalue weighted by molar-refractivity contribution is 14.1. The molecule has 0 aliphatic carbocycles. The van der Waals surface area contributed by atoms with Crippen molar-refractivity contribution in [1.82, 2.24) is 25.3 Å². The Morgan fingerprint density at radius 2 is 1.91 bits per heavy atom. The molecule has 34 heavy (non-hydrogen) atoms. The van der Waals surface area contributed by atoms with E-state index >= 15 is 0 Å². The summed E-state index contributed by atoms with van der Waals surface area (Å²) in [6.07, 6.45) is 0.965. The van der Waals surface area contributed by atoms with Crippen molar-refractivity contribution in [1.29, 1.82) is 0 Å². The number of carboxylic acids is 2. The van der Waals surface area contributed by atoms with Crippen LogP contribution in [0.15, 0.2) is 24.4 Å². The number of hydrogen-bond acceptors (Lipinski definition) is 10. The number of benzene rings is 1. The van der Waals surface area contributed by atoms with Gasteiger partial charge in [0.05, 0.1) is 24.1 Å². The highest BCUT2D eigenvalue weighted by Crippen LogP contribution is 2.25. The highest BCUT2D eigenvalue weighted by atomic mass is 127. The van der Waals surface area contributed by atoms with E-state index in [-0.39, 0.29) is 30.2 Å². The van der Waals surface area contributed by atoms with Gasteiger partial charge in [-0.1, -0.05) is 0 Å². The van der Waals surface area contributed by atoms with Crippen LogP contribution in [0, 0.1) is 3.57 Å². The number of nitrogens with zero attached hydrogens (tertiary/aromatic N) is 5. The van der Waals surface area contributed by atoms with Crippen LogP contribution in [-0.2, 0) is 16.1 Å². The van der Waals surface area contributed by atoms with E-state index in [1.807, 2.05) is 11.9 Å². The Morgan fingerprint density at radius 3 is 2.56 bits per heavy atom. The second-order valence-corrected chi connectivity index (χ2v) is 8.48. The molecule has 0 aliphatic heterocycles. The molecule has 0 radical (unpaired) electrons. The van der Waals surface area contributed by atoms with Crippen molar-refractivity contribution in [3.8, 4) is 0 Å².